The van der Waals surface area contributed by atoms with Gasteiger partial charge in [-0.2, -0.15) is 0 Å². The van der Waals surface area contributed by atoms with Crippen molar-refractivity contribution in [2.75, 3.05) is 7.11 Å². The van der Waals surface area contributed by atoms with E-state index in [2.05, 4.69) is 22.6 Å². The molecule has 0 aliphatic carbocycles. The van der Waals surface area contributed by atoms with Crippen LogP contribution in [0.4, 0.5) is 13.6 Å². The monoisotopic (exact) mass is 593 g/mol. The lowest BCUT2D eigenvalue weighted by atomic mass is 10.1. The van der Waals surface area contributed by atoms with Crippen molar-refractivity contribution in [2.24, 2.45) is 0 Å². The molecule has 1 fully saturated rings. The third-order valence-corrected chi connectivity index (χ3v) is 6.72. The Bertz CT molecular complexity index is 1280. The van der Waals surface area contributed by atoms with Gasteiger partial charge in [0.15, 0.2) is 11.5 Å². The summed E-state index contributed by atoms with van der Waals surface area (Å²) in [6.45, 7) is 0.0899. The zero-order chi connectivity index (χ0) is 24.2. The van der Waals surface area contributed by atoms with Crippen LogP contribution in [0, 0.1) is 15.2 Å². The Morgan fingerprint density at radius 1 is 1.06 bits per heavy atom. The molecule has 2 amide bonds. The number of hydrogen-bond acceptors (Lipinski definition) is 5. The van der Waals surface area contributed by atoms with Crippen molar-refractivity contribution in [1.29, 1.82) is 0 Å². The van der Waals surface area contributed by atoms with Crippen LogP contribution in [-0.2, 0) is 17.9 Å². The average Bonchev–Trinajstić information content (AvgIpc) is 3.07. The average molecular weight is 593 g/mol. The highest BCUT2D eigenvalue weighted by atomic mass is 127. The van der Waals surface area contributed by atoms with Crippen molar-refractivity contribution < 1.29 is 27.8 Å². The number of hydrogen-bond donors (Lipinski definition) is 0. The number of nitrogens with zero attached hydrogens (tertiary/aromatic N) is 1. The van der Waals surface area contributed by atoms with Crippen molar-refractivity contribution in [3.8, 4) is 11.5 Å². The molecule has 1 aliphatic heterocycles. The highest BCUT2D eigenvalue weighted by Gasteiger charge is 2.35. The normalized spacial score (nSPS) is 14.7. The quantitative estimate of drug-likeness (QED) is 0.235. The molecule has 0 spiro atoms. The number of methoxy groups -OCH3 is 1. The molecule has 9 heteroatoms. The predicted molar refractivity (Wildman–Crippen MR) is 134 cm³/mol. The number of benzene rings is 3. The molecule has 1 saturated heterocycles. The largest absolute Gasteiger partial charge is 0.493 e. The fraction of sp³-hybridized carbons (Fsp3) is 0.120. The van der Waals surface area contributed by atoms with Crippen LogP contribution < -0.4 is 9.47 Å². The number of imide groups is 1. The van der Waals surface area contributed by atoms with Crippen molar-refractivity contribution in [3.05, 3.63) is 97.5 Å². The molecule has 0 unspecified atom stereocenters. The number of thioether (sulfide) groups is 1. The molecular weight excluding hydrogens is 575 g/mol. The standard InChI is InChI=1S/C25H18F2INO4S/c1-32-21-11-16(10-20(28)23(21)33-14-17-4-2-3-5-19(17)27)12-22-24(30)29(25(31)34-22)13-15-6-8-18(26)9-7-15/h2-12H,13-14H2,1H3/b22-12+. The Labute approximate surface area is 212 Å². The van der Waals surface area contributed by atoms with Crippen LogP contribution >= 0.6 is 34.4 Å². The Balaban J connectivity index is 1.53. The summed E-state index contributed by atoms with van der Waals surface area (Å²) in [5, 5.41) is -0.396. The molecule has 4 rings (SSSR count). The number of amides is 2. The third kappa shape index (κ3) is 5.41. The van der Waals surface area contributed by atoms with Crippen molar-refractivity contribution >= 4 is 51.6 Å². The van der Waals surface area contributed by atoms with Gasteiger partial charge < -0.3 is 9.47 Å². The van der Waals surface area contributed by atoms with Crippen LogP contribution in [0.3, 0.4) is 0 Å². The molecule has 0 aromatic heterocycles. The van der Waals surface area contributed by atoms with Gasteiger partial charge >= 0.3 is 0 Å². The van der Waals surface area contributed by atoms with Crippen LogP contribution in [0.5, 0.6) is 11.5 Å². The predicted octanol–water partition coefficient (Wildman–Crippen LogP) is 6.39. The van der Waals surface area contributed by atoms with Crippen LogP contribution in [0.1, 0.15) is 16.7 Å². The van der Waals surface area contributed by atoms with Gasteiger partial charge in [0, 0.05) is 5.56 Å². The third-order valence-electron chi connectivity index (χ3n) is 5.01. The summed E-state index contributed by atoms with van der Waals surface area (Å²) < 4.78 is 39.0. The molecule has 0 atom stereocenters. The minimum absolute atomic E-state index is 0.0284. The molecule has 174 valence electrons. The maximum absolute atomic E-state index is 13.9. The summed E-state index contributed by atoms with van der Waals surface area (Å²) >= 11 is 2.92. The maximum atomic E-state index is 13.9. The fourth-order valence-corrected chi connectivity index (χ4v) is 4.91. The van der Waals surface area contributed by atoms with Gasteiger partial charge in [-0.05, 0) is 81.9 Å². The molecule has 1 aliphatic rings. The minimum atomic E-state index is -0.423. The molecule has 0 N–H and O–H groups in total. The summed E-state index contributed by atoms with van der Waals surface area (Å²) in [7, 11) is 1.49. The zero-order valence-corrected chi connectivity index (χ0v) is 20.9. The first kappa shape index (κ1) is 24.2. The van der Waals surface area contributed by atoms with Gasteiger partial charge in [0.05, 0.1) is 22.1 Å². The second-order valence-corrected chi connectivity index (χ2v) is 9.46. The minimum Gasteiger partial charge on any atom is -0.493 e. The second-order valence-electron chi connectivity index (χ2n) is 7.31. The smallest absolute Gasteiger partial charge is 0.293 e. The Hall–Kier alpha value is -2.92. The van der Waals surface area contributed by atoms with Gasteiger partial charge in [-0.25, -0.2) is 8.78 Å². The second kappa shape index (κ2) is 10.6. The number of ether oxygens (including phenoxy) is 2. The lowest BCUT2D eigenvalue weighted by Crippen LogP contribution is -2.27. The van der Waals surface area contributed by atoms with Gasteiger partial charge in [0.1, 0.15) is 18.2 Å². The van der Waals surface area contributed by atoms with E-state index >= 15 is 0 Å². The van der Waals surface area contributed by atoms with E-state index in [0.717, 1.165) is 16.7 Å². The lowest BCUT2D eigenvalue weighted by Gasteiger charge is -2.14. The first-order valence-corrected chi connectivity index (χ1v) is 12.0. The van der Waals surface area contributed by atoms with E-state index in [1.807, 2.05) is 0 Å². The Kier molecular flexibility index (Phi) is 7.52. The van der Waals surface area contributed by atoms with E-state index in [9.17, 15) is 18.4 Å². The van der Waals surface area contributed by atoms with Gasteiger partial charge in [-0.15, -0.1) is 0 Å². The van der Waals surface area contributed by atoms with Crippen LogP contribution in [0.2, 0.25) is 0 Å². The van der Waals surface area contributed by atoms with Crippen LogP contribution in [-0.4, -0.2) is 23.2 Å². The first-order chi connectivity index (χ1) is 16.4. The lowest BCUT2D eigenvalue weighted by molar-refractivity contribution is -0.123. The topological polar surface area (TPSA) is 55.8 Å². The molecule has 0 saturated carbocycles. The highest BCUT2D eigenvalue weighted by molar-refractivity contribution is 14.1. The molecule has 1 heterocycles. The molecular formula is C25H18F2INO4S. The van der Waals surface area contributed by atoms with E-state index in [1.54, 1.807) is 36.4 Å². The van der Waals surface area contributed by atoms with E-state index in [1.165, 1.54) is 37.4 Å². The van der Waals surface area contributed by atoms with E-state index in [4.69, 9.17) is 9.47 Å². The van der Waals surface area contributed by atoms with Crippen LogP contribution in [0.25, 0.3) is 6.08 Å². The van der Waals surface area contributed by atoms with Crippen molar-refractivity contribution in [3.63, 3.8) is 0 Å². The highest BCUT2D eigenvalue weighted by Crippen LogP contribution is 2.38. The van der Waals surface area contributed by atoms with E-state index in [-0.39, 0.29) is 29.7 Å². The maximum Gasteiger partial charge on any atom is 0.293 e. The van der Waals surface area contributed by atoms with Gasteiger partial charge in [0.2, 0.25) is 0 Å². The molecule has 0 radical (unpaired) electrons. The molecule has 5 nitrogen and oxygen atoms in total. The van der Waals surface area contributed by atoms with Crippen LogP contribution in [0.15, 0.2) is 65.6 Å². The van der Waals surface area contributed by atoms with E-state index < -0.39 is 11.1 Å². The number of carbonyl (C=O) groups excluding carboxylic acids is 2. The van der Waals surface area contributed by atoms with Gasteiger partial charge in [0.25, 0.3) is 11.1 Å². The summed E-state index contributed by atoms with van der Waals surface area (Å²) in [6, 6.07) is 15.5. The number of carbonyl (C=O) groups is 2. The first-order valence-electron chi connectivity index (χ1n) is 10.1. The Morgan fingerprint density at radius 3 is 2.50 bits per heavy atom. The Morgan fingerprint density at radius 2 is 1.79 bits per heavy atom. The van der Waals surface area contributed by atoms with Crippen molar-refractivity contribution in [1.82, 2.24) is 4.90 Å². The van der Waals surface area contributed by atoms with E-state index in [0.29, 0.717) is 31.8 Å². The summed E-state index contributed by atoms with van der Waals surface area (Å²) in [6.07, 6.45) is 1.61. The van der Waals surface area contributed by atoms with Gasteiger partial charge in [-0.1, -0.05) is 30.3 Å². The molecule has 0 bridgehead atoms. The number of halogens is 3. The van der Waals surface area contributed by atoms with Crippen molar-refractivity contribution in [2.45, 2.75) is 13.2 Å². The molecule has 3 aromatic carbocycles. The molecule has 3 aromatic rings. The summed E-state index contributed by atoms with van der Waals surface area (Å²) in [5.74, 6) is -0.298. The fourth-order valence-electron chi connectivity index (χ4n) is 3.29. The zero-order valence-electron chi connectivity index (χ0n) is 17.9. The van der Waals surface area contributed by atoms with Gasteiger partial charge in [-0.3, -0.25) is 14.5 Å². The number of rotatable bonds is 7. The summed E-state index contributed by atoms with van der Waals surface area (Å²) in [5.41, 5.74) is 1.71. The molecule has 34 heavy (non-hydrogen) atoms. The SMILES string of the molecule is COc1cc(/C=C2/SC(=O)N(Cc3ccc(F)cc3)C2=O)cc(I)c1OCc1ccccc1F. The summed E-state index contributed by atoms with van der Waals surface area (Å²) in [4.78, 5) is 26.7.